The van der Waals surface area contributed by atoms with Crippen molar-refractivity contribution in [1.29, 1.82) is 0 Å². The summed E-state index contributed by atoms with van der Waals surface area (Å²) in [6, 6.07) is 0. The largest absolute Gasteiger partial charge is 0.431 e. The molecule has 0 saturated carbocycles. The maximum absolute atomic E-state index is 11.0. The van der Waals surface area contributed by atoms with Gasteiger partial charge < -0.3 is 4.42 Å². The fraction of sp³-hybridized carbons (Fsp3) is 0.333. The Bertz CT molecular complexity index is 374. The normalized spacial score (nSPS) is 9.92. The summed E-state index contributed by atoms with van der Waals surface area (Å²) < 4.78 is 4.65. The molecule has 1 aromatic heterocycles. The second-order valence-electron chi connectivity index (χ2n) is 2.76. The second kappa shape index (κ2) is 2.93. The van der Waals surface area contributed by atoms with Gasteiger partial charge in [0.15, 0.2) is 5.78 Å². The van der Waals surface area contributed by atoms with Crippen molar-refractivity contribution in [3.05, 3.63) is 33.4 Å². The molecular formula is C9H10O3. The average molecular weight is 166 g/mol. The summed E-state index contributed by atoms with van der Waals surface area (Å²) in [6.45, 7) is 4.90. The zero-order chi connectivity index (χ0) is 9.30. The van der Waals surface area contributed by atoms with Crippen molar-refractivity contribution in [3.63, 3.8) is 0 Å². The smallest absolute Gasteiger partial charge is 0.346 e. The highest BCUT2D eigenvalue weighted by Gasteiger charge is 2.11. The number of aryl methyl sites for hydroxylation is 1. The molecule has 3 nitrogen and oxygen atoms in total. The predicted octanol–water partition coefficient (Wildman–Crippen LogP) is 1.46. The lowest BCUT2D eigenvalue weighted by Crippen LogP contribution is -2.14. The van der Waals surface area contributed by atoms with Crippen LogP contribution in [0, 0.1) is 13.8 Å². The predicted molar refractivity (Wildman–Crippen MR) is 44.5 cm³/mol. The zero-order valence-electron chi connectivity index (χ0n) is 7.30. The lowest BCUT2D eigenvalue weighted by molar-refractivity contribution is 0.101. The first kappa shape index (κ1) is 8.71. The highest BCUT2D eigenvalue weighted by molar-refractivity contribution is 5.95. The first-order valence-corrected chi connectivity index (χ1v) is 3.64. The lowest BCUT2D eigenvalue weighted by atomic mass is 10.1. The average Bonchev–Trinajstić information content (AvgIpc) is 1.97. The SMILES string of the molecule is CC(=O)c1c(C)c(C)coc1=O. The van der Waals surface area contributed by atoms with Crippen LogP contribution in [0.1, 0.15) is 28.4 Å². The van der Waals surface area contributed by atoms with E-state index in [9.17, 15) is 9.59 Å². The van der Waals surface area contributed by atoms with Crippen molar-refractivity contribution in [2.45, 2.75) is 20.8 Å². The van der Waals surface area contributed by atoms with E-state index in [4.69, 9.17) is 0 Å². The first-order chi connectivity index (χ1) is 5.54. The van der Waals surface area contributed by atoms with E-state index < -0.39 is 5.63 Å². The Morgan fingerprint density at radius 1 is 1.42 bits per heavy atom. The van der Waals surface area contributed by atoms with Gasteiger partial charge in [-0.2, -0.15) is 0 Å². The van der Waals surface area contributed by atoms with Crippen LogP contribution in [0.15, 0.2) is 15.5 Å². The van der Waals surface area contributed by atoms with Gasteiger partial charge in [0, 0.05) is 0 Å². The minimum absolute atomic E-state index is 0.162. The van der Waals surface area contributed by atoms with Gasteiger partial charge >= 0.3 is 5.63 Å². The third-order valence-corrected chi connectivity index (χ3v) is 1.87. The van der Waals surface area contributed by atoms with E-state index in [-0.39, 0.29) is 11.3 Å². The number of rotatable bonds is 1. The molecule has 0 aliphatic heterocycles. The van der Waals surface area contributed by atoms with Crippen LogP contribution >= 0.6 is 0 Å². The van der Waals surface area contributed by atoms with Gasteiger partial charge in [-0.3, -0.25) is 4.79 Å². The van der Waals surface area contributed by atoms with E-state index >= 15 is 0 Å². The molecule has 12 heavy (non-hydrogen) atoms. The van der Waals surface area contributed by atoms with Gasteiger partial charge in [0.25, 0.3) is 0 Å². The summed E-state index contributed by atoms with van der Waals surface area (Å²) in [5.74, 6) is -0.245. The highest BCUT2D eigenvalue weighted by Crippen LogP contribution is 2.08. The molecule has 0 unspecified atom stereocenters. The molecule has 0 atom stereocenters. The molecule has 0 spiro atoms. The minimum Gasteiger partial charge on any atom is -0.431 e. The highest BCUT2D eigenvalue weighted by atomic mass is 16.4. The van der Waals surface area contributed by atoms with E-state index in [1.807, 2.05) is 0 Å². The van der Waals surface area contributed by atoms with Gasteiger partial charge in [-0.15, -0.1) is 0 Å². The van der Waals surface area contributed by atoms with Gasteiger partial charge in [-0.25, -0.2) is 4.79 Å². The molecule has 0 bridgehead atoms. The van der Waals surface area contributed by atoms with Crippen molar-refractivity contribution in [3.8, 4) is 0 Å². The van der Waals surface area contributed by atoms with Gasteiger partial charge in [0.1, 0.15) is 5.56 Å². The molecule has 0 saturated heterocycles. The lowest BCUT2D eigenvalue weighted by Gasteiger charge is -2.01. The van der Waals surface area contributed by atoms with Gasteiger partial charge in [0.2, 0.25) is 0 Å². The fourth-order valence-corrected chi connectivity index (χ4v) is 1.05. The van der Waals surface area contributed by atoms with E-state index in [1.54, 1.807) is 13.8 Å². The Morgan fingerprint density at radius 2 is 2.00 bits per heavy atom. The first-order valence-electron chi connectivity index (χ1n) is 3.64. The zero-order valence-corrected chi connectivity index (χ0v) is 7.30. The van der Waals surface area contributed by atoms with Crippen LogP contribution in [-0.2, 0) is 0 Å². The molecule has 1 heterocycles. The number of ketones is 1. The summed E-state index contributed by atoms with van der Waals surface area (Å²) in [6.07, 6.45) is 1.37. The van der Waals surface area contributed by atoms with E-state index in [2.05, 4.69) is 4.42 Å². The van der Waals surface area contributed by atoms with Crippen molar-refractivity contribution in [2.24, 2.45) is 0 Å². The number of carbonyl (C=O) groups excluding carboxylic acids is 1. The van der Waals surface area contributed by atoms with Crippen LogP contribution in [0.2, 0.25) is 0 Å². The Labute approximate surface area is 70.0 Å². The molecule has 64 valence electrons. The molecule has 0 radical (unpaired) electrons. The summed E-state index contributed by atoms with van der Waals surface area (Å²) >= 11 is 0. The molecule has 1 rings (SSSR count). The molecule has 0 N–H and O–H groups in total. The van der Waals surface area contributed by atoms with Crippen molar-refractivity contribution >= 4 is 5.78 Å². The van der Waals surface area contributed by atoms with Crippen LogP contribution in [0.4, 0.5) is 0 Å². The molecule has 0 amide bonds. The Hall–Kier alpha value is -1.38. The molecular weight excluding hydrogens is 156 g/mol. The fourth-order valence-electron chi connectivity index (χ4n) is 1.05. The van der Waals surface area contributed by atoms with Gasteiger partial charge in [0.05, 0.1) is 6.26 Å². The molecule has 0 aliphatic carbocycles. The minimum atomic E-state index is -0.550. The third kappa shape index (κ3) is 1.30. The van der Waals surface area contributed by atoms with Crippen LogP contribution in [0.25, 0.3) is 0 Å². The van der Waals surface area contributed by atoms with Gasteiger partial charge in [-0.1, -0.05) is 0 Å². The molecule has 0 aliphatic rings. The maximum atomic E-state index is 11.0. The monoisotopic (exact) mass is 166 g/mol. The van der Waals surface area contributed by atoms with Crippen LogP contribution in [-0.4, -0.2) is 5.78 Å². The summed E-state index contributed by atoms with van der Waals surface area (Å²) in [4.78, 5) is 22.0. The van der Waals surface area contributed by atoms with Crippen molar-refractivity contribution in [2.75, 3.05) is 0 Å². The van der Waals surface area contributed by atoms with E-state index in [0.717, 1.165) is 5.56 Å². The third-order valence-electron chi connectivity index (χ3n) is 1.87. The number of carbonyl (C=O) groups is 1. The Morgan fingerprint density at radius 3 is 2.42 bits per heavy atom. The summed E-state index contributed by atoms with van der Waals surface area (Å²) in [7, 11) is 0. The molecule has 3 heteroatoms. The van der Waals surface area contributed by atoms with Crippen LogP contribution in [0.5, 0.6) is 0 Å². The standard InChI is InChI=1S/C9H10O3/c1-5-4-12-9(11)8(6(5)2)7(3)10/h4H,1-3H3. The molecule has 1 aromatic rings. The molecule has 0 aromatic carbocycles. The maximum Gasteiger partial charge on any atom is 0.346 e. The Balaban J connectivity index is 3.54. The summed E-state index contributed by atoms with van der Waals surface area (Å²) in [5, 5.41) is 0. The van der Waals surface area contributed by atoms with Crippen molar-refractivity contribution < 1.29 is 9.21 Å². The number of Topliss-reactive ketones (excluding diaryl/α,β-unsaturated/α-hetero) is 1. The van der Waals surface area contributed by atoms with E-state index in [0.29, 0.717) is 5.56 Å². The number of hydrogen-bond donors (Lipinski definition) is 0. The summed E-state index contributed by atoms with van der Waals surface area (Å²) in [5.41, 5.74) is 1.14. The van der Waals surface area contributed by atoms with E-state index in [1.165, 1.54) is 13.2 Å². The number of hydrogen-bond acceptors (Lipinski definition) is 3. The van der Waals surface area contributed by atoms with Crippen molar-refractivity contribution in [1.82, 2.24) is 0 Å². The topological polar surface area (TPSA) is 47.3 Å². The molecule has 0 fully saturated rings. The van der Waals surface area contributed by atoms with Crippen LogP contribution in [0.3, 0.4) is 0 Å². The second-order valence-corrected chi connectivity index (χ2v) is 2.76. The Kier molecular flexibility index (Phi) is 2.13. The van der Waals surface area contributed by atoms with Gasteiger partial charge in [-0.05, 0) is 31.9 Å². The van der Waals surface area contributed by atoms with Crippen LogP contribution < -0.4 is 5.63 Å². The quantitative estimate of drug-likeness (QED) is 0.593.